The highest BCUT2D eigenvalue weighted by molar-refractivity contribution is 7.89. The summed E-state index contributed by atoms with van der Waals surface area (Å²) in [4.78, 5) is 9.29. The monoisotopic (exact) mass is 431 g/mol. The first-order chi connectivity index (χ1) is 14.2. The van der Waals surface area contributed by atoms with Crippen LogP contribution in [0.2, 0.25) is 0 Å². The summed E-state index contributed by atoms with van der Waals surface area (Å²) in [7, 11) is -3.52. The van der Waals surface area contributed by atoms with Crippen LogP contribution in [0.3, 0.4) is 0 Å². The summed E-state index contributed by atoms with van der Waals surface area (Å²) in [6.07, 6.45) is 9.88. The first kappa shape index (κ1) is 20.8. The molecule has 0 bridgehead atoms. The van der Waals surface area contributed by atoms with Crippen LogP contribution < -0.4 is 5.32 Å². The van der Waals surface area contributed by atoms with Gasteiger partial charge in [0.05, 0.1) is 18.1 Å². The fourth-order valence-corrected chi connectivity index (χ4v) is 5.28. The zero-order chi connectivity index (χ0) is 21.5. The van der Waals surface area contributed by atoms with Gasteiger partial charge in [-0.25, -0.2) is 13.4 Å². The number of anilines is 1. The molecule has 9 nitrogen and oxygen atoms in total. The second-order valence-electron chi connectivity index (χ2n) is 8.74. The van der Waals surface area contributed by atoms with E-state index in [1.54, 1.807) is 27.6 Å². The van der Waals surface area contributed by atoms with Crippen LogP contribution in [0.25, 0.3) is 5.65 Å². The van der Waals surface area contributed by atoms with Gasteiger partial charge in [0.25, 0.3) is 0 Å². The Balaban J connectivity index is 1.57. The smallest absolute Gasteiger partial charge is 0.246 e. The molecule has 10 heteroatoms. The molecule has 3 aromatic heterocycles. The van der Waals surface area contributed by atoms with E-state index in [0.717, 1.165) is 30.0 Å². The summed E-state index contributed by atoms with van der Waals surface area (Å²) in [5.41, 5.74) is 1.65. The number of hydrogen-bond donors (Lipinski definition) is 1. The maximum Gasteiger partial charge on any atom is 0.246 e. The van der Waals surface area contributed by atoms with Gasteiger partial charge in [-0.2, -0.15) is 9.40 Å². The summed E-state index contributed by atoms with van der Waals surface area (Å²) in [5.74, 6) is 1.14. The Labute approximate surface area is 177 Å². The molecular formula is C20H29N7O2S. The Bertz CT molecular complexity index is 1140. The lowest BCUT2D eigenvalue weighted by molar-refractivity contribution is 0.317. The normalized spacial score (nSPS) is 16.9. The van der Waals surface area contributed by atoms with E-state index in [-0.39, 0.29) is 16.4 Å². The molecule has 0 amide bonds. The fourth-order valence-electron chi connectivity index (χ4n) is 3.86. The lowest BCUT2D eigenvalue weighted by Gasteiger charge is -2.31. The molecule has 1 aliphatic rings. The van der Waals surface area contributed by atoms with Crippen molar-refractivity contribution in [2.45, 2.75) is 63.4 Å². The summed E-state index contributed by atoms with van der Waals surface area (Å²) in [6.45, 7) is 9.85. The molecule has 30 heavy (non-hydrogen) atoms. The molecule has 4 heterocycles. The van der Waals surface area contributed by atoms with Crippen molar-refractivity contribution in [3.05, 3.63) is 36.7 Å². The lowest BCUT2D eigenvalue weighted by atomic mass is 9.94. The van der Waals surface area contributed by atoms with E-state index in [1.807, 2.05) is 17.5 Å². The van der Waals surface area contributed by atoms with Gasteiger partial charge >= 0.3 is 0 Å². The predicted molar refractivity (Wildman–Crippen MR) is 115 cm³/mol. The second kappa shape index (κ2) is 7.66. The number of aromatic nitrogens is 5. The van der Waals surface area contributed by atoms with Gasteiger partial charge in [-0.05, 0) is 40.5 Å². The van der Waals surface area contributed by atoms with Gasteiger partial charge in [-0.15, -0.1) is 0 Å². The van der Waals surface area contributed by atoms with E-state index in [9.17, 15) is 8.42 Å². The zero-order valence-electron chi connectivity index (χ0n) is 17.9. The van der Waals surface area contributed by atoms with Crippen LogP contribution in [0.5, 0.6) is 0 Å². The van der Waals surface area contributed by atoms with Crippen LogP contribution in [-0.2, 0) is 16.6 Å². The Morgan fingerprint density at radius 3 is 2.57 bits per heavy atom. The Morgan fingerprint density at radius 1 is 1.20 bits per heavy atom. The van der Waals surface area contributed by atoms with Gasteiger partial charge in [0.1, 0.15) is 10.7 Å². The Hall–Kier alpha value is -2.46. The number of rotatable bonds is 5. The molecule has 1 N–H and O–H groups in total. The molecule has 0 saturated carbocycles. The maximum atomic E-state index is 13.0. The number of hydrogen-bond acceptors (Lipinski definition) is 6. The van der Waals surface area contributed by atoms with E-state index < -0.39 is 10.0 Å². The van der Waals surface area contributed by atoms with Crippen molar-refractivity contribution in [2.24, 2.45) is 0 Å². The van der Waals surface area contributed by atoms with Crippen molar-refractivity contribution in [2.75, 3.05) is 18.4 Å². The third-order valence-corrected chi connectivity index (χ3v) is 7.21. The highest BCUT2D eigenvalue weighted by atomic mass is 32.2. The molecule has 0 atom stereocenters. The number of sulfonamides is 1. The maximum absolute atomic E-state index is 13.0. The number of nitrogens with zero attached hydrogens (tertiary/aromatic N) is 6. The third-order valence-electron chi connectivity index (χ3n) is 5.36. The molecule has 1 aliphatic heterocycles. The molecule has 0 aromatic carbocycles. The number of nitrogens with one attached hydrogen (secondary N) is 1. The van der Waals surface area contributed by atoms with E-state index in [2.05, 4.69) is 36.2 Å². The number of imidazole rings is 1. The zero-order valence-corrected chi connectivity index (χ0v) is 18.7. The van der Waals surface area contributed by atoms with Crippen LogP contribution in [0, 0.1) is 0 Å². The summed E-state index contributed by atoms with van der Waals surface area (Å²) < 4.78 is 31.2. The van der Waals surface area contributed by atoms with Crippen LogP contribution >= 0.6 is 0 Å². The molecule has 0 spiro atoms. The van der Waals surface area contributed by atoms with E-state index in [4.69, 9.17) is 4.98 Å². The summed E-state index contributed by atoms with van der Waals surface area (Å²) >= 11 is 0. The summed E-state index contributed by atoms with van der Waals surface area (Å²) in [5, 5.41) is 7.69. The highest BCUT2D eigenvalue weighted by Gasteiger charge is 2.33. The number of aryl methyl sites for hydroxylation is 1. The van der Waals surface area contributed by atoms with Crippen molar-refractivity contribution in [3.8, 4) is 0 Å². The first-order valence-corrected chi connectivity index (χ1v) is 11.8. The lowest BCUT2D eigenvalue weighted by Crippen LogP contribution is -2.38. The average molecular weight is 432 g/mol. The van der Waals surface area contributed by atoms with Gasteiger partial charge < -0.3 is 5.32 Å². The molecule has 162 valence electrons. The Kier molecular flexibility index (Phi) is 5.31. The number of piperidine rings is 1. The minimum absolute atomic E-state index is 0.128. The van der Waals surface area contributed by atoms with Gasteiger partial charge in [0.2, 0.25) is 10.0 Å². The van der Waals surface area contributed by atoms with E-state index >= 15 is 0 Å². The average Bonchev–Trinajstić information content (AvgIpc) is 3.33. The van der Waals surface area contributed by atoms with Crippen LogP contribution in [0.4, 0.5) is 5.82 Å². The van der Waals surface area contributed by atoms with Crippen molar-refractivity contribution in [3.63, 3.8) is 0 Å². The molecule has 1 saturated heterocycles. The van der Waals surface area contributed by atoms with Gasteiger partial charge in [-0.1, -0.05) is 0 Å². The minimum Gasteiger partial charge on any atom is -0.365 e. The topological polar surface area (TPSA) is 97.4 Å². The van der Waals surface area contributed by atoms with Crippen molar-refractivity contribution < 1.29 is 8.42 Å². The van der Waals surface area contributed by atoms with E-state index in [0.29, 0.717) is 19.6 Å². The molecular weight excluding hydrogens is 402 g/mol. The predicted octanol–water partition coefficient (Wildman–Crippen LogP) is 2.72. The second-order valence-corrected chi connectivity index (χ2v) is 10.7. The minimum atomic E-state index is -3.52. The van der Waals surface area contributed by atoms with Crippen molar-refractivity contribution >= 4 is 21.5 Å². The van der Waals surface area contributed by atoms with E-state index in [1.165, 1.54) is 6.20 Å². The molecule has 0 radical (unpaired) electrons. The Morgan fingerprint density at radius 2 is 1.93 bits per heavy atom. The fraction of sp³-hybridized carbons (Fsp3) is 0.550. The molecule has 4 rings (SSSR count). The SMILES string of the molecule is CCn1cc(S(=O)(=O)N2CCC(c3nc4cnccn4c3NC(C)(C)C)CC2)cn1. The molecule has 0 unspecified atom stereocenters. The largest absolute Gasteiger partial charge is 0.365 e. The van der Waals surface area contributed by atoms with Crippen molar-refractivity contribution in [1.29, 1.82) is 0 Å². The first-order valence-electron chi connectivity index (χ1n) is 10.3. The van der Waals surface area contributed by atoms with Crippen LogP contribution in [-0.4, -0.2) is 55.5 Å². The quantitative estimate of drug-likeness (QED) is 0.667. The number of fused-ring (bicyclic) bond motifs is 1. The van der Waals surface area contributed by atoms with Gasteiger partial charge in [0, 0.05) is 49.7 Å². The summed E-state index contributed by atoms with van der Waals surface area (Å²) in [6, 6.07) is 0. The van der Waals surface area contributed by atoms with Gasteiger partial charge in [0.15, 0.2) is 5.65 Å². The standard InChI is InChI=1S/C20H29N7O2S/c1-5-25-14-16(12-22-25)30(28,29)26-9-6-15(7-10-26)18-19(24-20(2,3)4)27-11-8-21-13-17(27)23-18/h8,11-15,24H,5-7,9-10H2,1-4H3. The molecule has 3 aromatic rings. The third kappa shape index (κ3) is 3.93. The molecule has 0 aliphatic carbocycles. The van der Waals surface area contributed by atoms with Crippen molar-refractivity contribution in [1.82, 2.24) is 28.5 Å². The van der Waals surface area contributed by atoms with Crippen LogP contribution in [0.1, 0.15) is 52.1 Å². The molecule has 1 fully saturated rings. The highest BCUT2D eigenvalue weighted by Crippen LogP contribution is 2.35. The van der Waals surface area contributed by atoms with Crippen LogP contribution in [0.15, 0.2) is 35.9 Å². The van der Waals surface area contributed by atoms with Gasteiger partial charge in [-0.3, -0.25) is 14.1 Å².